The number of unbranched alkanes of at least 4 members (excludes halogenated alkanes) is 8. The number of esters is 4. The third kappa shape index (κ3) is 15.0. The number of allylic oxidation sites excluding steroid dienone is 6. The van der Waals surface area contributed by atoms with Gasteiger partial charge in [-0.15, -0.1) is 49.0 Å². The van der Waals surface area contributed by atoms with E-state index in [0.717, 1.165) is 89.3 Å². The largest absolute Gasteiger partial charge is 0.462 e. The lowest BCUT2D eigenvalue weighted by Crippen LogP contribution is -2.17. The third-order valence-corrected chi connectivity index (χ3v) is 13.9. The van der Waals surface area contributed by atoms with Crippen LogP contribution in [0.15, 0.2) is 109 Å². The number of carbonyl (C=O) groups excluding carboxylic acids is 4. The summed E-state index contributed by atoms with van der Waals surface area (Å²) in [4.78, 5) is 56.5. The first-order valence-electron chi connectivity index (χ1n) is 19.7. The van der Waals surface area contributed by atoms with E-state index in [0.29, 0.717) is 38.7 Å². The van der Waals surface area contributed by atoms with Gasteiger partial charge in [0.15, 0.2) is 0 Å². The van der Waals surface area contributed by atoms with E-state index in [4.69, 9.17) is 18.9 Å². The standard InChI is InChI=1S/C47H53IO8S2/c1-5-9-13-17-25-53-44(49)36-29-34(30-37(31-36)45(50)54-26-18-14-10-6-2)40-21-23-42(57-40)43-24-22-41(58-43)35-32-38(46(51)55-27-19-15-11-7-3)48-39(33-35)47(52)56-28-20-16-12-8-4/h5-8,21-24,29-33H,1-4,9-20,25-28H2. The molecule has 0 N–H and O–H groups in total. The van der Waals surface area contributed by atoms with Gasteiger partial charge in [0.05, 0.1) is 44.6 Å². The monoisotopic (exact) mass is 936 g/mol. The fourth-order valence-corrected chi connectivity index (χ4v) is 10.0. The van der Waals surface area contributed by atoms with Crippen molar-refractivity contribution in [3.8, 4) is 20.2 Å². The molecule has 0 saturated heterocycles. The van der Waals surface area contributed by atoms with Crippen molar-refractivity contribution in [1.29, 1.82) is 0 Å². The van der Waals surface area contributed by atoms with Gasteiger partial charge in [-0.25, -0.2) is 19.2 Å². The normalized spacial score (nSPS) is 12.2. The van der Waals surface area contributed by atoms with Crippen molar-refractivity contribution in [2.24, 2.45) is 0 Å². The number of thiophene rings is 2. The molecule has 0 saturated carbocycles. The van der Waals surface area contributed by atoms with Crippen molar-refractivity contribution in [3.63, 3.8) is 0 Å². The van der Waals surface area contributed by atoms with Gasteiger partial charge in [0.1, 0.15) is 0 Å². The molecule has 0 spiro atoms. The van der Waals surface area contributed by atoms with Crippen molar-refractivity contribution in [2.45, 2.75) is 77.0 Å². The number of hydrogen-bond donors (Lipinski definition) is 0. The van der Waals surface area contributed by atoms with Crippen LogP contribution in [0.25, 0.3) is 25.8 Å². The first kappa shape index (κ1) is 46.2. The second-order valence-electron chi connectivity index (χ2n) is 13.3. The van der Waals surface area contributed by atoms with E-state index in [2.05, 4.69) is 26.3 Å². The van der Waals surface area contributed by atoms with E-state index in [1.807, 2.05) is 60.7 Å². The molecule has 3 aromatic rings. The number of hydrogen-bond acceptors (Lipinski definition) is 10. The molecule has 58 heavy (non-hydrogen) atoms. The summed E-state index contributed by atoms with van der Waals surface area (Å²) < 4.78 is 23.4. The molecule has 2 aromatic heterocycles. The zero-order valence-electron chi connectivity index (χ0n) is 33.1. The van der Waals surface area contributed by atoms with Gasteiger partial charge in [-0.1, -0.05) is 45.0 Å². The van der Waals surface area contributed by atoms with Gasteiger partial charge in [-0.05, 0) is 143 Å². The fourth-order valence-electron chi connectivity index (χ4n) is 5.60. The molecule has 11 heteroatoms. The van der Waals surface area contributed by atoms with E-state index in [1.165, 1.54) is 17.4 Å². The number of rotatable bonds is 27. The first-order valence-corrected chi connectivity index (χ1v) is 23.5. The van der Waals surface area contributed by atoms with Crippen LogP contribution in [0.2, 0.25) is 0 Å². The zero-order valence-corrected chi connectivity index (χ0v) is 36.9. The van der Waals surface area contributed by atoms with E-state index >= 15 is 0 Å². The summed E-state index contributed by atoms with van der Waals surface area (Å²) in [6.07, 6.45) is 20.8. The van der Waals surface area contributed by atoms with Crippen LogP contribution in [0, 0.1) is 0 Å². The number of ether oxygens (including phenoxy) is 4. The Kier molecular flexibility index (Phi) is 20.6. The highest BCUT2D eigenvalue weighted by molar-refractivity contribution is 14.2. The van der Waals surface area contributed by atoms with Crippen LogP contribution in [0.5, 0.6) is 0 Å². The zero-order chi connectivity index (χ0) is 41.5. The van der Waals surface area contributed by atoms with Gasteiger partial charge >= 0.3 is 23.9 Å². The summed E-state index contributed by atoms with van der Waals surface area (Å²) in [5, 5.41) is 0. The molecule has 4 rings (SSSR count). The molecule has 0 aliphatic carbocycles. The Bertz CT molecular complexity index is 1930. The Morgan fingerprint density at radius 2 is 0.914 bits per heavy atom. The smallest absolute Gasteiger partial charge is 0.343 e. The summed E-state index contributed by atoms with van der Waals surface area (Å²) in [7, 11) is 0. The van der Waals surface area contributed by atoms with Crippen LogP contribution in [-0.4, -0.2) is 53.8 Å². The fraction of sp³-hybridized carbons (Fsp3) is 0.340. The lowest BCUT2D eigenvalue weighted by atomic mass is 10.0. The molecule has 0 amide bonds. The lowest BCUT2D eigenvalue weighted by molar-refractivity contribution is -0.138. The highest BCUT2D eigenvalue weighted by atomic mass is 127. The predicted octanol–water partition coefficient (Wildman–Crippen LogP) is 12.4. The molecular weight excluding hydrogens is 884 g/mol. The maximum Gasteiger partial charge on any atom is 0.343 e. The summed E-state index contributed by atoms with van der Waals surface area (Å²) in [6, 6.07) is 13.0. The molecule has 0 radical (unpaired) electrons. The predicted molar refractivity (Wildman–Crippen MR) is 247 cm³/mol. The van der Waals surface area contributed by atoms with E-state index < -0.39 is 44.6 Å². The van der Waals surface area contributed by atoms with Gasteiger partial charge in [-0.3, -0.25) is 0 Å². The molecule has 1 aliphatic rings. The van der Waals surface area contributed by atoms with Gasteiger partial charge in [-0.2, -0.15) is 0 Å². The maximum atomic E-state index is 13.2. The van der Waals surface area contributed by atoms with Crippen molar-refractivity contribution < 1.29 is 38.1 Å². The van der Waals surface area contributed by atoms with Crippen LogP contribution in [-0.2, 0) is 28.5 Å². The molecular formula is C47H53IO8S2. The van der Waals surface area contributed by atoms with Crippen molar-refractivity contribution in [1.82, 2.24) is 0 Å². The minimum atomic E-state index is -1.11. The number of halogens is 1. The van der Waals surface area contributed by atoms with E-state index in [-0.39, 0.29) is 24.3 Å². The minimum absolute atomic E-state index is 0.270. The van der Waals surface area contributed by atoms with Gasteiger partial charge in [0.2, 0.25) is 0 Å². The minimum Gasteiger partial charge on any atom is -0.462 e. The van der Waals surface area contributed by atoms with Gasteiger partial charge in [0.25, 0.3) is 0 Å². The van der Waals surface area contributed by atoms with Crippen LogP contribution < -0.4 is 0 Å². The van der Waals surface area contributed by atoms with Crippen LogP contribution >= 0.6 is 43.4 Å². The van der Waals surface area contributed by atoms with Crippen LogP contribution in [0.1, 0.15) is 103 Å². The molecule has 0 bridgehead atoms. The van der Waals surface area contributed by atoms with Crippen molar-refractivity contribution in [3.05, 3.63) is 125 Å². The highest BCUT2D eigenvalue weighted by Gasteiger charge is 2.23. The number of benzene rings is 1. The molecule has 3 heterocycles. The summed E-state index contributed by atoms with van der Waals surface area (Å²) in [5.41, 5.74) is 2.00. The number of carbonyl (C=O) groups is 4. The maximum absolute atomic E-state index is 13.2. The second kappa shape index (κ2) is 25.8. The van der Waals surface area contributed by atoms with Gasteiger partial charge < -0.3 is 18.9 Å². The third-order valence-electron chi connectivity index (χ3n) is 8.73. The average molecular weight is 937 g/mol. The van der Waals surface area contributed by atoms with Crippen LogP contribution in [0.3, 0.4) is 0 Å². The molecule has 0 unspecified atom stereocenters. The Balaban J connectivity index is 1.58. The molecule has 0 fully saturated rings. The Morgan fingerprint density at radius 1 is 0.500 bits per heavy atom. The van der Waals surface area contributed by atoms with Crippen molar-refractivity contribution in [2.75, 3.05) is 26.4 Å². The van der Waals surface area contributed by atoms with Crippen LogP contribution in [0.4, 0.5) is 0 Å². The van der Waals surface area contributed by atoms with E-state index in [1.54, 1.807) is 23.5 Å². The first-order chi connectivity index (χ1) is 28.3. The summed E-state index contributed by atoms with van der Waals surface area (Å²) in [6.45, 7) is 16.1. The summed E-state index contributed by atoms with van der Waals surface area (Å²) in [5.74, 6) is -1.80. The SMILES string of the molecule is C=CCCCCOC(=O)C1=CC(c2ccc(-c3ccc(-c4cc(C(=O)OCCCCC=C)cc(C(=O)OCCCCC=C)c4)s3)s2)=CC(C(=O)OCCCCC=C)=I1. The Hall–Kier alpha value is -4.46. The Labute approximate surface area is 360 Å². The van der Waals surface area contributed by atoms with Gasteiger partial charge in [0, 0.05) is 19.5 Å². The molecule has 1 aliphatic heterocycles. The molecule has 308 valence electrons. The highest BCUT2D eigenvalue weighted by Crippen LogP contribution is 2.41. The topological polar surface area (TPSA) is 105 Å². The van der Waals surface area contributed by atoms with E-state index in [9.17, 15) is 19.2 Å². The molecule has 0 atom stereocenters. The second-order valence-corrected chi connectivity index (χ2v) is 18.4. The Morgan fingerprint density at radius 3 is 1.40 bits per heavy atom. The molecule has 8 nitrogen and oxygen atoms in total. The quantitative estimate of drug-likeness (QED) is 0.0245. The summed E-state index contributed by atoms with van der Waals surface area (Å²) >= 11 is 1.96. The lowest BCUT2D eigenvalue weighted by Gasteiger charge is -2.13. The average Bonchev–Trinajstić information content (AvgIpc) is 3.94. The van der Waals surface area contributed by atoms with Crippen molar-refractivity contribution >= 4 is 76.4 Å². The molecule has 1 aromatic carbocycles.